The molecule has 0 aliphatic carbocycles. The summed E-state index contributed by atoms with van der Waals surface area (Å²) in [5.74, 6) is 0. The smallest absolute Gasteiger partial charge is 0.00235 e. The molecule has 0 bridgehead atoms. The fraction of sp³-hybridized carbons (Fsp3) is 0.0500. The third-order valence-electron chi connectivity index (χ3n) is 8.31. The Hall–Kier alpha value is -4.94. The Morgan fingerprint density at radius 2 is 0.575 bits per heavy atom. The predicted octanol–water partition coefficient (Wildman–Crippen LogP) is 11.3. The standard InChI is InChI=1S/C40H30/c1-27-31(29-15-5-3-6-16-29)23-13-25-33(27)39-35-19-9-11-21-37(35)40(38-22-12-10-20-36(38)39)34-26-14-24-32(28(34)2)30-17-7-4-8-18-30/h3-26H,1-2H3. The van der Waals surface area contributed by atoms with Gasteiger partial charge in [-0.3, -0.25) is 0 Å². The van der Waals surface area contributed by atoms with Gasteiger partial charge >= 0.3 is 0 Å². The molecule has 0 aliphatic rings. The van der Waals surface area contributed by atoms with Crippen molar-refractivity contribution in [2.45, 2.75) is 13.8 Å². The molecule has 190 valence electrons. The van der Waals surface area contributed by atoms with Crippen molar-refractivity contribution in [2.75, 3.05) is 0 Å². The zero-order chi connectivity index (χ0) is 27.1. The summed E-state index contributed by atoms with van der Waals surface area (Å²) >= 11 is 0. The van der Waals surface area contributed by atoms with E-state index in [1.807, 2.05) is 0 Å². The molecule has 40 heavy (non-hydrogen) atoms. The maximum absolute atomic E-state index is 2.30. The van der Waals surface area contributed by atoms with Crippen LogP contribution in [0.3, 0.4) is 0 Å². The van der Waals surface area contributed by atoms with Crippen LogP contribution in [0.25, 0.3) is 66.1 Å². The van der Waals surface area contributed by atoms with Gasteiger partial charge in [0.15, 0.2) is 0 Å². The van der Waals surface area contributed by atoms with Gasteiger partial charge in [0.2, 0.25) is 0 Å². The average molecular weight is 511 g/mol. The lowest BCUT2D eigenvalue weighted by molar-refractivity contribution is 1.45. The minimum Gasteiger partial charge on any atom is -0.0622 e. The largest absolute Gasteiger partial charge is 0.0622 e. The van der Waals surface area contributed by atoms with Crippen LogP contribution in [-0.4, -0.2) is 0 Å². The molecule has 0 nitrogen and oxygen atoms in total. The molecule has 0 fully saturated rings. The van der Waals surface area contributed by atoms with E-state index in [0.29, 0.717) is 0 Å². The second-order valence-corrected chi connectivity index (χ2v) is 10.5. The zero-order valence-electron chi connectivity index (χ0n) is 22.9. The van der Waals surface area contributed by atoms with Crippen molar-refractivity contribution < 1.29 is 0 Å². The van der Waals surface area contributed by atoms with Gasteiger partial charge in [0.05, 0.1) is 0 Å². The summed E-state index contributed by atoms with van der Waals surface area (Å²) in [6.07, 6.45) is 0. The van der Waals surface area contributed by atoms with Gasteiger partial charge in [-0.1, -0.05) is 146 Å². The molecule has 0 aromatic heterocycles. The van der Waals surface area contributed by atoms with Gasteiger partial charge in [-0.05, 0) is 91.0 Å². The first-order valence-electron chi connectivity index (χ1n) is 14.0. The minimum absolute atomic E-state index is 1.25. The quantitative estimate of drug-likeness (QED) is 0.207. The highest BCUT2D eigenvalue weighted by Crippen LogP contribution is 2.46. The Kier molecular flexibility index (Phi) is 6.02. The van der Waals surface area contributed by atoms with Gasteiger partial charge in [-0.25, -0.2) is 0 Å². The average Bonchev–Trinajstić information content (AvgIpc) is 3.01. The maximum atomic E-state index is 2.30. The minimum atomic E-state index is 1.25. The van der Waals surface area contributed by atoms with E-state index in [0.717, 1.165) is 0 Å². The number of hydrogen-bond acceptors (Lipinski definition) is 0. The molecule has 7 aromatic carbocycles. The van der Waals surface area contributed by atoms with Crippen molar-refractivity contribution in [3.63, 3.8) is 0 Å². The number of benzene rings is 7. The third-order valence-corrected chi connectivity index (χ3v) is 8.31. The summed E-state index contributed by atoms with van der Waals surface area (Å²) in [5.41, 5.74) is 12.9. The van der Waals surface area contributed by atoms with Crippen LogP contribution in [0.1, 0.15) is 11.1 Å². The van der Waals surface area contributed by atoms with Crippen LogP contribution in [0.2, 0.25) is 0 Å². The normalized spacial score (nSPS) is 11.2. The first-order valence-corrected chi connectivity index (χ1v) is 14.0. The molecule has 0 N–H and O–H groups in total. The molecule has 0 radical (unpaired) electrons. The van der Waals surface area contributed by atoms with Crippen molar-refractivity contribution in [1.82, 2.24) is 0 Å². The Balaban J connectivity index is 1.56. The topological polar surface area (TPSA) is 0 Å². The Morgan fingerprint density at radius 1 is 0.275 bits per heavy atom. The SMILES string of the molecule is Cc1c(-c2ccccc2)cccc1-c1c2ccccc2c(-c2cccc(-c3ccccc3)c2C)c2ccccc12. The lowest BCUT2D eigenvalue weighted by Gasteiger charge is -2.21. The van der Waals surface area contributed by atoms with Gasteiger partial charge in [0.25, 0.3) is 0 Å². The van der Waals surface area contributed by atoms with Gasteiger partial charge in [0, 0.05) is 0 Å². The molecule has 0 heteroatoms. The zero-order valence-corrected chi connectivity index (χ0v) is 22.9. The van der Waals surface area contributed by atoms with E-state index in [2.05, 4.69) is 159 Å². The number of hydrogen-bond donors (Lipinski definition) is 0. The van der Waals surface area contributed by atoms with E-state index >= 15 is 0 Å². The second-order valence-electron chi connectivity index (χ2n) is 10.5. The van der Waals surface area contributed by atoms with E-state index in [1.165, 1.54) is 77.2 Å². The number of fused-ring (bicyclic) bond motifs is 2. The van der Waals surface area contributed by atoms with E-state index in [4.69, 9.17) is 0 Å². The van der Waals surface area contributed by atoms with Gasteiger partial charge in [-0.15, -0.1) is 0 Å². The number of rotatable bonds is 4. The van der Waals surface area contributed by atoms with Crippen LogP contribution < -0.4 is 0 Å². The Morgan fingerprint density at radius 3 is 0.925 bits per heavy atom. The summed E-state index contributed by atoms with van der Waals surface area (Å²) in [4.78, 5) is 0. The van der Waals surface area contributed by atoms with Gasteiger partial charge in [0.1, 0.15) is 0 Å². The third kappa shape index (κ3) is 3.92. The second kappa shape index (κ2) is 9.98. The van der Waals surface area contributed by atoms with Crippen LogP contribution in [0.4, 0.5) is 0 Å². The molecular formula is C40H30. The highest BCUT2D eigenvalue weighted by Gasteiger charge is 2.20. The van der Waals surface area contributed by atoms with Crippen molar-refractivity contribution in [1.29, 1.82) is 0 Å². The first-order chi connectivity index (χ1) is 19.7. The molecule has 0 amide bonds. The molecule has 0 spiro atoms. The maximum Gasteiger partial charge on any atom is -0.00235 e. The Labute approximate surface area is 236 Å². The highest BCUT2D eigenvalue weighted by atomic mass is 14.2. The molecule has 0 saturated heterocycles. The van der Waals surface area contributed by atoms with Crippen LogP contribution in [-0.2, 0) is 0 Å². The summed E-state index contributed by atoms with van der Waals surface area (Å²) in [5, 5.41) is 5.14. The summed E-state index contributed by atoms with van der Waals surface area (Å²) in [7, 11) is 0. The first kappa shape index (κ1) is 24.1. The molecule has 0 aliphatic heterocycles. The fourth-order valence-corrected chi connectivity index (χ4v) is 6.38. The van der Waals surface area contributed by atoms with Crippen LogP contribution >= 0.6 is 0 Å². The monoisotopic (exact) mass is 510 g/mol. The Bertz CT molecular complexity index is 1790. The lowest BCUT2D eigenvalue weighted by Crippen LogP contribution is -1.95. The fourth-order valence-electron chi connectivity index (χ4n) is 6.38. The summed E-state index contributed by atoms with van der Waals surface area (Å²) < 4.78 is 0. The van der Waals surface area contributed by atoms with Gasteiger partial charge < -0.3 is 0 Å². The van der Waals surface area contributed by atoms with Crippen molar-refractivity contribution in [3.05, 3.63) is 157 Å². The molecule has 0 heterocycles. The molecular weight excluding hydrogens is 480 g/mol. The molecule has 0 atom stereocenters. The van der Waals surface area contributed by atoms with E-state index < -0.39 is 0 Å². The predicted molar refractivity (Wildman–Crippen MR) is 173 cm³/mol. The van der Waals surface area contributed by atoms with Crippen LogP contribution in [0, 0.1) is 13.8 Å². The summed E-state index contributed by atoms with van der Waals surface area (Å²) in [6.45, 7) is 4.53. The van der Waals surface area contributed by atoms with Crippen LogP contribution in [0.15, 0.2) is 146 Å². The lowest BCUT2D eigenvalue weighted by atomic mass is 9.82. The molecule has 7 aromatic rings. The van der Waals surface area contributed by atoms with Gasteiger partial charge in [-0.2, -0.15) is 0 Å². The molecule has 0 saturated carbocycles. The molecule has 7 rings (SSSR count). The van der Waals surface area contributed by atoms with E-state index in [-0.39, 0.29) is 0 Å². The van der Waals surface area contributed by atoms with Crippen LogP contribution in [0.5, 0.6) is 0 Å². The summed E-state index contributed by atoms with van der Waals surface area (Å²) in [6, 6.07) is 52.8. The van der Waals surface area contributed by atoms with Crippen molar-refractivity contribution in [2.24, 2.45) is 0 Å². The van der Waals surface area contributed by atoms with E-state index in [9.17, 15) is 0 Å². The molecule has 0 unspecified atom stereocenters. The van der Waals surface area contributed by atoms with E-state index in [1.54, 1.807) is 0 Å². The highest BCUT2D eigenvalue weighted by molar-refractivity contribution is 6.22. The van der Waals surface area contributed by atoms with Crippen molar-refractivity contribution >= 4 is 21.5 Å². The van der Waals surface area contributed by atoms with Crippen molar-refractivity contribution in [3.8, 4) is 44.5 Å².